The van der Waals surface area contributed by atoms with E-state index in [4.69, 9.17) is 9.15 Å². The summed E-state index contributed by atoms with van der Waals surface area (Å²) in [6.07, 6.45) is -0.830. The molecule has 2 heterocycles. The van der Waals surface area contributed by atoms with Gasteiger partial charge in [0, 0.05) is 23.3 Å². The Morgan fingerprint density at radius 3 is 2.31 bits per heavy atom. The van der Waals surface area contributed by atoms with Gasteiger partial charge < -0.3 is 19.4 Å². The zero-order chi connectivity index (χ0) is 22.8. The van der Waals surface area contributed by atoms with E-state index in [1.165, 1.54) is 23.5 Å². The number of hydrogen-bond acceptors (Lipinski definition) is 8. The van der Waals surface area contributed by atoms with Crippen molar-refractivity contribution in [1.82, 2.24) is 10.2 Å². The minimum Gasteiger partial charge on any atom is -0.508 e. The highest BCUT2D eigenvalue weighted by Crippen LogP contribution is 2.35. The number of ketones is 1. The third kappa shape index (κ3) is 4.28. The molecule has 32 heavy (non-hydrogen) atoms. The first-order chi connectivity index (χ1) is 15.4. The maximum absolute atomic E-state index is 13.2. The number of furan rings is 1. The van der Waals surface area contributed by atoms with Crippen molar-refractivity contribution >= 4 is 17.1 Å². The second-order valence-corrected chi connectivity index (χ2v) is 8.43. The topological polar surface area (TPSA) is 106 Å². The predicted molar refractivity (Wildman–Crippen MR) is 121 cm³/mol. The number of nitrogens with zero attached hydrogens (tertiary/aromatic N) is 2. The Kier molecular flexibility index (Phi) is 6.07. The van der Waals surface area contributed by atoms with E-state index in [1.54, 1.807) is 19.1 Å². The highest BCUT2D eigenvalue weighted by atomic mass is 32.1. The van der Waals surface area contributed by atoms with Crippen LogP contribution in [-0.4, -0.2) is 32.8 Å². The van der Waals surface area contributed by atoms with Crippen molar-refractivity contribution in [2.45, 2.75) is 26.9 Å². The molecule has 0 radical (unpaired) electrons. The maximum atomic E-state index is 13.2. The van der Waals surface area contributed by atoms with Crippen LogP contribution >= 0.6 is 11.3 Å². The van der Waals surface area contributed by atoms with Gasteiger partial charge in [-0.15, -0.1) is 10.2 Å². The number of hydrogen-bond donors (Lipinski definition) is 2. The normalized spacial score (nSPS) is 12.1. The van der Waals surface area contributed by atoms with Gasteiger partial charge in [-0.1, -0.05) is 35.6 Å². The van der Waals surface area contributed by atoms with E-state index < -0.39 is 6.10 Å². The van der Waals surface area contributed by atoms with Crippen molar-refractivity contribution in [1.29, 1.82) is 0 Å². The molecule has 1 unspecified atom stereocenters. The first-order valence-electron chi connectivity index (χ1n) is 10.1. The van der Waals surface area contributed by atoms with E-state index in [2.05, 4.69) is 10.2 Å². The van der Waals surface area contributed by atoms with Gasteiger partial charge in [-0.2, -0.15) is 0 Å². The number of carbonyl (C=O) groups excluding carboxylic acids is 1. The molecule has 0 saturated carbocycles. The van der Waals surface area contributed by atoms with Gasteiger partial charge in [0.15, 0.2) is 5.76 Å². The Balaban J connectivity index is 1.60. The Bertz CT molecular complexity index is 1240. The van der Waals surface area contributed by atoms with Crippen LogP contribution in [0.5, 0.6) is 11.5 Å². The first-order valence-corrected chi connectivity index (χ1v) is 10.9. The van der Waals surface area contributed by atoms with E-state index in [0.717, 1.165) is 15.6 Å². The lowest BCUT2D eigenvalue weighted by Crippen LogP contribution is -2.16. The fourth-order valence-electron chi connectivity index (χ4n) is 3.28. The van der Waals surface area contributed by atoms with E-state index in [-0.39, 0.29) is 23.0 Å². The Labute approximate surface area is 188 Å². The van der Waals surface area contributed by atoms with Crippen LogP contribution in [0.15, 0.2) is 52.9 Å². The number of aryl methyl sites for hydroxylation is 1. The highest BCUT2D eigenvalue weighted by molar-refractivity contribution is 7.14. The van der Waals surface area contributed by atoms with Gasteiger partial charge >= 0.3 is 0 Å². The molecule has 4 aromatic rings. The van der Waals surface area contributed by atoms with Crippen molar-refractivity contribution in [3.05, 3.63) is 70.4 Å². The second-order valence-electron chi connectivity index (χ2n) is 7.25. The third-order valence-corrected chi connectivity index (χ3v) is 5.93. The SMILES string of the molecule is CCOC(C(=O)c1ccc(-c2cc(O)c(C)c(O)c2)o1)c1ccc(-c2nnc(C)s2)cc1. The van der Waals surface area contributed by atoms with Crippen molar-refractivity contribution in [2.24, 2.45) is 0 Å². The van der Waals surface area contributed by atoms with E-state index >= 15 is 0 Å². The number of aromatic hydroxyl groups is 2. The van der Waals surface area contributed by atoms with Crippen molar-refractivity contribution in [3.63, 3.8) is 0 Å². The monoisotopic (exact) mass is 450 g/mol. The molecule has 2 N–H and O–H groups in total. The Morgan fingerprint density at radius 2 is 1.72 bits per heavy atom. The van der Waals surface area contributed by atoms with Crippen molar-refractivity contribution < 1.29 is 24.2 Å². The maximum Gasteiger partial charge on any atom is 0.231 e. The molecule has 0 bridgehead atoms. The summed E-state index contributed by atoms with van der Waals surface area (Å²) in [6.45, 7) is 5.68. The van der Waals surface area contributed by atoms with Gasteiger partial charge in [-0.25, -0.2) is 0 Å². The van der Waals surface area contributed by atoms with Gasteiger partial charge in [0.25, 0.3) is 0 Å². The van der Waals surface area contributed by atoms with Crippen LogP contribution in [-0.2, 0) is 4.74 Å². The molecule has 0 aliphatic heterocycles. The average molecular weight is 451 g/mol. The largest absolute Gasteiger partial charge is 0.508 e. The second kappa shape index (κ2) is 8.94. The number of carbonyl (C=O) groups is 1. The number of Topliss-reactive ketones (excluding diaryl/α,β-unsaturated/α-hetero) is 1. The summed E-state index contributed by atoms with van der Waals surface area (Å²) in [4.78, 5) is 13.2. The van der Waals surface area contributed by atoms with E-state index in [0.29, 0.717) is 29.1 Å². The van der Waals surface area contributed by atoms with Crippen LogP contribution < -0.4 is 0 Å². The average Bonchev–Trinajstić information content (AvgIpc) is 3.45. The summed E-state index contributed by atoms with van der Waals surface area (Å²) < 4.78 is 11.5. The summed E-state index contributed by atoms with van der Waals surface area (Å²) in [5.74, 6) is 0.0561. The summed E-state index contributed by atoms with van der Waals surface area (Å²) in [5, 5.41) is 29.8. The highest BCUT2D eigenvalue weighted by Gasteiger charge is 2.26. The lowest BCUT2D eigenvalue weighted by atomic mass is 10.0. The lowest BCUT2D eigenvalue weighted by Gasteiger charge is -2.15. The van der Waals surface area contributed by atoms with Crippen LogP contribution in [0.3, 0.4) is 0 Å². The van der Waals surface area contributed by atoms with Gasteiger partial charge in [0.05, 0.1) is 0 Å². The molecule has 8 heteroatoms. The summed E-state index contributed by atoms with van der Waals surface area (Å²) in [7, 11) is 0. The first kappa shape index (κ1) is 21.7. The molecular weight excluding hydrogens is 428 g/mol. The molecule has 0 fully saturated rings. The standard InChI is InChI=1S/C24H22N2O5S/c1-4-30-23(15-5-7-16(8-6-15)24-26-25-14(3)32-24)22(29)21-10-9-20(31-21)17-11-18(27)13(2)19(28)12-17/h5-12,23,27-28H,4H2,1-3H3. The molecule has 164 valence electrons. The predicted octanol–water partition coefficient (Wildman–Crippen LogP) is 5.45. The molecule has 0 aliphatic rings. The molecule has 0 aliphatic carbocycles. The van der Waals surface area contributed by atoms with Crippen LogP contribution in [0.2, 0.25) is 0 Å². The molecule has 2 aromatic heterocycles. The minimum absolute atomic E-state index is 0.0535. The van der Waals surface area contributed by atoms with Crippen LogP contribution in [0, 0.1) is 13.8 Å². The van der Waals surface area contributed by atoms with Crippen LogP contribution in [0.25, 0.3) is 21.9 Å². The summed E-state index contributed by atoms with van der Waals surface area (Å²) in [5.41, 5.74) is 2.46. The zero-order valence-corrected chi connectivity index (χ0v) is 18.6. The van der Waals surface area contributed by atoms with Crippen LogP contribution in [0.4, 0.5) is 0 Å². The Morgan fingerprint density at radius 1 is 1.03 bits per heavy atom. The van der Waals surface area contributed by atoms with Gasteiger partial charge in [-0.05, 0) is 50.6 Å². The quantitative estimate of drug-likeness (QED) is 0.360. The van der Waals surface area contributed by atoms with Gasteiger partial charge in [-0.3, -0.25) is 4.79 Å². The smallest absolute Gasteiger partial charge is 0.231 e. The molecule has 2 aromatic carbocycles. The van der Waals surface area contributed by atoms with Gasteiger partial charge in [0.1, 0.15) is 33.4 Å². The molecule has 4 rings (SSSR count). The number of benzene rings is 2. The summed E-state index contributed by atoms with van der Waals surface area (Å²) in [6, 6.07) is 13.6. The van der Waals surface area contributed by atoms with E-state index in [1.807, 2.05) is 38.1 Å². The van der Waals surface area contributed by atoms with Crippen molar-refractivity contribution in [2.75, 3.05) is 6.61 Å². The number of phenols is 2. The minimum atomic E-state index is -0.830. The van der Waals surface area contributed by atoms with Crippen LogP contribution in [0.1, 0.15) is 39.7 Å². The van der Waals surface area contributed by atoms with Crippen molar-refractivity contribution in [3.8, 4) is 33.4 Å². The fourth-order valence-corrected chi connectivity index (χ4v) is 3.98. The molecule has 0 spiro atoms. The zero-order valence-electron chi connectivity index (χ0n) is 17.8. The molecule has 0 amide bonds. The summed E-state index contributed by atoms with van der Waals surface area (Å²) >= 11 is 1.50. The van der Waals surface area contributed by atoms with E-state index in [9.17, 15) is 15.0 Å². The van der Waals surface area contributed by atoms with Gasteiger partial charge in [0.2, 0.25) is 5.78 Å². The molecule has 1 atom stereocenters. The molecule has 0 saturated heterocycles. The fraction of sp³-hybridized carbons (Fsp3) is 0.208. The third-order valence-electron chi connectivity index (χ3n) is 5.04. The number of rotatable bonds is 7. The number of phenolic OH excluding ortho intramolecular Hbond substituents is 2. The number of ether oxygens (including phenoxy) is 1. The lowest BCUT2D eigenvalue weighted by molar-refractivity contribution is 0.0429. The molecule has 7 nitrogen and oxygen atoms in total. The Hall–Kier alpha value is -3.49. The molecular formula is C24H22N2O5S. The number of aromatic nitrogens is 2.